The van der Waals surface area contributed by atoms with Crippen molar-refractivity contribution in [3.05, 3.63) is 54.2 Å². The number of hydrogen-bond acceptors (Lipinski definition) is 5. The van der Waals surface area contributed by atoms with Crippen molar-refractivity contribution in [2.24, 2.45) is 5.73 Å². The standard InChI is InChI=1S/C14H15N5O/c15-6-11(20)12-13-14(17-8-16-12)19(9-18-13)7-10-4-2-1-3-5-10/h1-5,8-9,11,20H,6-7,15H2. The Balaban J connectivity index is 2.02. The second-order valence-electron chi connectivity index (χ2n) is 4.54. The smallest absolute Gasteiger partial charge is 0.163 e. The molecular formula is C14H15N5O. The molecule has 0 fully saturated rings. The Kier molecular flexibility index (Phi) is 3.41. The lowest BCUT2D eigenvalue weighted by Crippen LogP contribution is -2.13. The average Bonchev–Trinajstić information content (AvgIpc) is 2.91. The third-order valence-electron chi connectivity index (χ3n) is 3.16. The van der Waals surface area contributed by atoms with Crippen LogP contribution in [-0.2, 0) is 6.54 Å². The van der Waals surface area contributed by atoms with Gasteiger partial charge in [-0.25, -0.2) is 15.0 Å². The molecule has 0 amide bonds. The van der Waals surface area contributed by atoms with E-state index in [9.17, 15) is 5.11 Å². The maximum Gasteiger partial charge on any atom is 0.163 e. The fraction of sp³-hybridized carbons (Fsp3) is 0.214. The summed E-state index contributed by atoms with van der Waals surface area (Å²) in [7, 11) is 0. The summed E-state index contributed by atoms with van der Waals surface area (Å²) in [6.07, 6.45) is 2.32. The molecule has 3 rings (SSSR count). The van der Waals surface area contributed by atoms with E-state index < -0.39 is 6.10 Å². The number of nitrogens with zero attached hydrogens (tertiary/aromatic N) is 4. The molecule has 2 heterocycles. The van der Waals surface area contributed by atoms with Gasteiger partial charge >= 0.3 is 0 Å². The second-order valence-corrected chi connectivity index (χ2v) is 4.54. The fourth-order valence-electron chi connectivity index (χ4n) is 2.15. The molecule has 0 radical (unpaired) electrons. The van der Waals surface area contributed by atoms with Crippen LogP contribution in [-0.4, -0.2) is 31.2 Å². The SMILES string of the molecule is NCC(O)c1ncnc2c1ncn2Cc1ccccc1. The summed E-state index contributed by atoms with van der Waals surface area (Å²) < 4.78 is 1.93. The van der Waals surface area contributed by atoms with E-state index in [1.165, 1.54) is 6.33 Å². The Morgan fingerprint density at radius 3 is 2.70 bits per heavy atom. The third-order valence-corrected chi connectivity index (χ3v) is 3.16. The van der Waals surface area contributed by atoms with Gasteiger partial charge in [0.1, 0.15) is 23.6 Å². The Hall–Kier alpha value is -2.31. The molecule has 6 heteroatoms. The van der Waals surface area contributed by atoms with Crippen molar-refractivity contribution in [3.8, 4) is 0 Å². The fourth-order valence-corrected chi connectivity index (χ4v) is 2.15. The zero-order valence-electron chi connectivity index (χ0n) is 10.8. The molecule has 0 aliphatic carbocycles. The molecule has 0 saturated heterocycles. The van der Waals surface area contributed by atoms with Crippen molar-refractivity contribution in [1.82, 2.24) is 19.5 Å². The molecule has 1 unspecified atom stereocenters. The van der Waals surface area contributed by atoms with Crippen LogP contribution in [0.25, 0.3) is 11.2 Å². The molecule has 1 aromatic carbocycles. The van der Waals surface area contributed by atoms with E-state index in [0.717, 1.165) is 5.56 Å². The Morgan fingerprint density at radius 1 is 1.15 bits per heavy atom. The summed E-state index contributed by atoms with van der Waals surface area (Å²) in [5.74, 6) is 0. The quantitative estimate of drug-likeness (QED) is 0.733. The topological polar surface area (TPSA) is 89.8 Å². The number of aliphatic hydroxyl groups excluding tert-OH is 1. The maximum absolute atomic E-state index is 9.86. The first-order valence-electron chi connectivity index (χ1n) is 6.37. The van der Waals surface area contributed by atoms with Crippen LogP contribution in [0.5, 0.6) is 0 Å². The molecule has 102 valence electrons. The van der Waals surface area contributed by atoms with Crippen LogP contribution in [0.3, 0.4) is 0 Å². The molecule has 0 aliphatic heterocycles. The highest BCUT2D eigenvalue weighted by molar-refractivity contribution is 5.73. The first-order valence-corrected chi connectivity index (χ1v) is 6.37. The van der Waals surface area contributed by atoms with Crippen molar-refractivity contribution in [1.29, 1.82) is 0 Å². The van der Waals surface area contributed by atoms with E-state index in [1.54, 1.807) is 6.33 Å². The van der Waals surface area contributed by atoms with Gasteiger partial charge in [0.25, 0.3) is 0 Å². The normalized spacial score (nSPS) is 12.7. The van der Waals surface area contributed by atoms with Gasteiger partial charge < -0.3 is 15.4 Å². The van der Waals surface area contributed by atoms with E-state index in [2.05, 4.69) is 15.0 Å². The molecule has 1 atom stereocenters. The number of imidazole rings is 1. The summed E-state index contributed by atoms with van der Waals surface area (Å²) in [4.78, 5) is 12.6. The van der Waals surface area contributed by atoms with Gasteiger partial charge in [0, 0.05) is 6.54 Å². The van der Waals surface area contributed by atoms with E-state index in [1.807, 2.05) is 34.9 Å². The van der Waals surface area contributed by atoms with Gasteiger partial charge in [0.2, 0.25) is 0 Å². The van der Waals surface area contributed by atoms with Crippen LogP contribution < -0.4 is 5.73 Å². The van der Waals surface area contributed by atoms with Gasteiger partial charge in [-0.1, -0.05) is 30.3 Å². The summed E-state index contributed by atoms with van der Waals surface area (Å²) in [5.41, 5.74) is 8.41. The van der Waals surface area contributed by atoms with Gasteiger partial charge in [-0.05, 0) is 5.56 Å². The Bertz CT molecular complexity index is 710. The predicted molar refractivity (Wildman–Crippen MR) is 74.9 cm³/mol. The van der Waals surface area contributed by atoms with Gasteiger partial charge in [-0.15, -0.1) is 0 Å². The van der Waals surface area contributed by atoms with Crippen LogP contribution in [0.15, 0.2) is 43.0 Å². The molecule has 6 nitrogen and oxygen atoms in total. The average molecular weight is 269 g/mol. The molecular weight excluding hydrogens is 254 g/mol. The molecule has 0 aliphatic rings. The van der Waals surface area contributed by atoms with Crippen molar-refractivity contribution < 1.29 is 5.11 Å². The molecule has 0 saturated carbocycles. The molecule has 3 N–H and O–H groups in total. The zero-order valence-corrected chi connectivity index (χ0v) is 10.8. The van der Waals surface area contributed by atoms with Crippen LogP contribution in [0, 0.1) is 0 Å². The van der Waals surface area contributed by atoms with Crippen LogP contribution >= 0.6 is 0 Å². The number of hydrogen-bond donors (Lipinski definition) is 2. The predicted octanol–water partition coefficient (Wildman–Crippen LogP) is 0.867. The monoisotopic (exact) mass is 269 g/mol. The van der Waals surface area contributed by atoms with Crippen LogP contribution in [0.1, 0.15) is 17.4 Å². The zero-order chi connectivity index (χ0) is 13.9. The summed E-state index contributed by atoms with van der Waals surface area (Å²) in [6.45, 7) is 0.782. The highest BCUT2D eigenvalue weighted by Gasteiger charge is 2.15. The summed E-state index contributed by atoms with van der Waals surface area (Å²) in [6, 6.07) is 10.1. The Labute approximate surface area is 115 Å². The number of benzene rings is 1. The first kappa shape index (κ1) is 12.7. The molecule has 3 aromatic rings. The van der Waals surface area contributed by atoms with E-state index in [-0.39, 0.29) is 6.54 Å². The summed E-state index contributed by atoms with van der Waals surface area (Å²) in [5, 5.41) is 9.86. The van der Waals surface area contributed by atoms with E-state index >= 15 is 0 Å². The Morgan fingerprint density at radius 2 is 1.95 bits per heavy atom. The van der Waals surface area contributed by atoms with Gasteiger partial charge in [-0.3, -0.25) is 0 Å². The van der Waals surface area contributed by atoms with Gasteiger partial charge in [0.15, 0.2) is 5.65 Å². The maximum atomic E-state index is 9.86. The highest BCUT2D eigenvalue weighted by atomic mass is 16.3. The largest absolute Gasteiger partial charge is 0.385 e. The summed E-state index contributed by atoms with van der Waals surface area (Å²) >= 11 is 0. The van der Waals surface area contributed by atoms with Gasteiger partial charge in [-0.2, -0.15) is 0 Å². The molecule has 0 spiro atoms. The minimum absolute atomic E-state index is 0.109. The van der Waals surface area contributed by atoms with Crippen molar-refractivity contribution >= 4 is 11.2 Å². The lowest BCUT2D eigenvalue weighted by molar-refractivity contribution is 0.183. The minimum Gasteiger partial charge on any atom is -0.385 e. The second kappa shape index (κ2) is 5.36. The van der Waals surface area contributed by atoms with Crippen LogP contribution in [0.4, 0.5) is 0 Å². The van der Waals surface area contributed by atoms with Crippen LogP contribution in [0.2, 0.25) is 0 Å². The van der Waals surface area contributed by atoms with E-state index in [0.29, 0.717) is 23.4 Å². The molecule has 20 heavy (non-hydrogen) atoms. The van der Waals surface area contributed by atoms with Crippen molar-refractivity contribution in [2.45, 2.75) is 12.6 Å². The lowest BCUT2D eigenvalue weighted by Gasteiger charge is -2.07. The highest BCUT2D eigenvalue weighted by Crippen LogP contribution is 2.19. The van der Waals surface area contributed by atoms with Crippen molar-refractivity contribution in [3.63, 3.8) is 0 Å². The van der Waals surface area contributed by atoms with Crippen molar-refractivity contribution in [2.75, 3.05) is 6.54 Å². The first-order chi connectivity index (χ1) is 9.79. The minimum atomic E-state index is -0.819. The number of fused-ring (bicyclic) bond motifs is 1. The third kappa shape index (κ3) is 2.26. The number of aliphatic hydroxyl groups is 1. The number of aromatic nitrogens is 4. The molecule has 2 aromatic heterocycles. The van der Waals surface area contributed by atoms with E-state index in [4.69, 9.17) is 5.73 Å². The number of rotatable bonds is 4. The lowest BCUT2D eigenvalue weighted by atomic mass is 10.2. The molecule has 0 bridgehead atoms. The van der Waals surface area contributed by atoms with Gasteiger partial charge in [0.05, 0.1) is 12.9 Å². The number of nitrogens with two attached hydrogens (primary N) is 1.